The van der Waals surface area contributed by atoms with Crippen molar-refractivity contribution < 1.29 is 19.1 Å². The van der Waals surface area contributed by atoms with Crippen LogP contribution in [0.1, 0.15) is 10.4 Å². The number of nitrogens with one attached hydrogen (secondary N) is 2. The highest BCUT2D eigenvalue weighted by Gasteiger charge is 2.12. The van der Waals surface area contributed by atoms with Crippen LogP contribution in [0.2, 0.25) is 0 Å². The second-order valence-electron chi connectivity index (χ2n) is 5.66. The molecule has 0 aliphatic carbocycles. The van der Waals surface area contributed by atoms with Crippen LogP contribution < -0.4 is 15.4 Å². The molecule has 0 fully saturated rings. The number of benzene rings is 2. The molecule has 144 valence electrons. The Hall–Kier alpha value is -3.30. The van der Waals surface area contributed by atoms with E-state index in [9.17, 15) is 9.59 Å². The third kappa shape index (κ3) is 4.90. The summed E-state index contributed by atoms with van der Waals surface area (Å²) < 4.78 is 9.91. The minimum absolute atomic E-state index is 0.0602. The van der Waals surface area contributed by atoms with Crippen molar-refractivity contribution in [1.29, 1.82) is 0 Å². The van der Waals surface area contributed by atoms with E-state index in [2.05, 4.69) is 20.8 Å². The fourth-order valence-corrected chi connectivity index (χ4v) is 3.10. The molecule has 1 heterocycles. The Kier molecular flexibility index (Phi) is 6.30. The highest BCUT2D eigenvalue weighted by molar-refractivity contribution is 7.18. The second kappa shape index (κ2) is 9.07. The van der Waals surface area contributed by atoms with Gasteiger partial charge in [0.1, 0.15) is 17.4 Å². The Morgan fingerprint density at radius 3 is 2.54 bits per heavy atom. The van der Waals surface area contributed by atoms with Crippen molar-refractivity contribution in [1.82, 2.24) is 10.2 Å². The Labute approximate surface area is 165 Å². The molecule has 2 amide bonds. The zero-order chi connectivity index (χ0) is 19.9. The summed E-state index contributed by atoms with van der Waals surface area (Å²) in [6.07, 6.45) is 0. The number of carbonyl (C=O) groups excluding carboxylic acids is 2. The van der Waals surface area contributed by atoms with E-state index in [1.165, 1.54) is 18.4 Å². The average Bonchev–Trinajstić information content (AvgIpc) is 3.17. The standard InChI is InChI=1S/C19H18N4O4S/c1-26-11-16(24)20-14-5-3-4-13(10-14)17(25)21-19-23-22-18(28-19)12-6-8-15(27-2)9-7-12/h3-10H,11H2,1-2H3,(H,20,24)(H,21,23,25). The van der Waals surface area contributed by atoms with Crippen LogP contribution in [-0.2, 0) is 9.53 Å². The van der Waals surface area contributed by atoms with Crippen LogP contribution in [0.25, 0.3) is 10.6 Å². The van der Waals surface area contributed by atoms with Gasteiger partial charge in [0.15, 0.2) is 0 Å². The normalized spacial score (nSPS) is 10.4. The molecule has 0 spiro atoms. The predicted molar refractivity (Wildman–Crippen MR) is 107 cm³/mol. The zero-order valence-corrected chi connectivity index (χ0v) is 16.1. The van der Waals surface area contributed by atoms with Gasteiger partial charge in [-0.2, -0.15) is 0 Å². The molecule has 9 heteroatoms. The Balaban J connectivity index is 1.68. The lowest BCUT2D eigenvalue weighted by atomic mass is 10.2. The number of rotatable bonds is 7. The predicted octanol–water partition coefficient (Wildman–Crippen LogP) is 3.05. The smallest absolute Gasteiger partial charge is 0.257 e. The quantitative estimate of drug-likeness (QED) is 0.634. The van der Waals surface area contributed by atoms with Gasteiger partial charge in [-0.1, -0.05) is 17.4 Å². The Morgan fingerprint density at radius 1 is 1.04 bits per heavy atom. The summed E-state index contributed by atoms with van der Waals surface area (Å²) in [5.41, 5.74) is 1.77. The number of nitrogens with zero attached hydrogens (tertiary/aromatic N) is 2. The molecule has 8 nitrogen and oxygen atoms in total. The first-order valence-electron chi connectivity index (χ1n) is 8.27. The van der Waals surface area contributed by atoms with E-state index < -0.39 is 0 Å². The first-order valence-corrected chi connectivity index (χ1v) is 9.09. The third-order valence-corrected chi connectivity index (χ3v) is 4.55. The van der Waals surface area contributed by atoms with Crippen molar-refractivity contribution in [2.75, 3.05) is 31.5 Å². The lowest BCUT2D eigenvalue weighted by Crippen LogP contribution is -2.18. The fraction of sp³-hybridized carbons (Fsp3) is 0.158. The van der Waals surface area contributed by atoms with Crippen molar-refractivity contribution in [3.05, 3.63) is 54.1 Å². The van der Waals surface area contributed by atoms with Crippen LogP contribution in [0.4, 0.5) is 10.8 Å². The highest BCUT2D eigenvalue weighted by atomic mass is 32.1. The van der Waals surface area contributed by atoms with Gasteiger partial charge >= 0.3 is 0 Å². The average molecular weight is 398 g/mol. The first kappa shape index (κ1) is 19.5. The van der Waals surface area contributed by atoms with Gasteiger partial charge in [-0.05, 0) is 42.5 Å². The maximum atomic E-state index is 12.5. The van der Waals surface area contributed by atoms with Gasteiger partial charge in [0, 0.05) is 23.9 Å². The maximum absolute atomic E-state index is 12.5. The van der Waals surface area contributed by atoms with Crippen molar-refractivity contribution in [3.63, 3.8) is 0 Å². The number of amides is 2. The van der Waals surface area contributed by atoms with Gasteiger partial charge in [0.2, 0.25) is 11.0 Å². The molecular formula is C19H18N4O4S. The minimum atomic E-state index is -0.347. The lowest BCUT2D eigenvalue weighted by molar-refractivity contribution is -0.119. The maximum Gasteiger partial charge on any atom is 0.257 e. The van der Waals surface area contributed by atoms with E-state index in [-0.39, 0.29) is 18.4 Å². The van der Waals surface area contributed by atoms with Crippen LogP contribution in [0, 0.1) is 0 Å². The number of aromatic nitrogens is 2. The molecule has 2 aromatic carbocycles. The van der Waals surface area contributed by atoms with Crippen molar-refractivity contribution in [2.24, 2.45) is 0 Å². The van der Waals surface area contributed by atoms with E-state index in [0.717, 1.165) is 11.3 Å². The zero-order valence-electron chi connectivity index (χ0n) is 15.3. The molecule has 2 N–H and O–H groups in total. The van der Waals surface area contributed by atoms with E-state index >= 15 is 0 Å². The second-order valence-corrected chi connectivity index (χ2v) is 6.63. The molecule has 0 unspecified atom stereocenters. The molecule has 0 atom stereocenters. The molecular weight excluding hydrogens is 380 g/mol. The number of carbonyl (C=O) groups is 2. The summed E-state index contributed by atoms with van der Waals surface area (Å²) >= 11 is 1.26. The van der Waals surface area contributed by atoms with Gasteiger partial charge in [0.25, 0.3) is 5.91 Å². The van der Waals surface area contributed by atoms with Gasteiger partial charge < -0.3 is 14.8 Å². The molecule has 0 aliphatic rings. The molecule has 0 saturated carbocycles. The van der Waals surface area contributed by atoms with E-state index in [1.807, 2.05) is 24.3 Å². The fourth-order valence-electron chi connectivity index (χ4n) is 2.36. The highest BCUT2D eigenvalue weighted by Crippen LogP contribution is 2.28. The summed E-state index contributed by atoms with van der Waals surface area (Å²) in [6.45, 7) is -0.0602. The number of anilines is 2. The molecule has 0 radical (unpaired) electrons. The van der Waals surface area contributed by atoms with Gasteiger partial charge in [-0.15, -0.1) is 10.2 Å². The summed E-state index contributed by atoms with van der Waals surface area (Å²) in [5, 5.41) is 14.6. The van der Waals surface area contributed by atoms with Crippen molar-refractivity contribution >= 4 is 34.0 Å². The Morgan fingerprint density at radius 2 is 1.82 bits per heavy atom. The van der Waals surface area contributed by atoms with Crippen LogP contribution in [0.5, 0.6) is 5.75 Å². The third-order valence-electron chi connectivity index (χ3n) is 3.67. The molecule has 28 heavy (non-hydrogen) atoms. The lowest BCUT2D eigenvalue weighted by Gasteiger charge is -2.06. The molecule has 3 rings (SSSR count). The van der Waals surface area contributed by atoms with Crippen molar-refractivity contribution in [2.45, 2.75) is 0 Å². The summed E-state index contributed by atoms with van der Waals surface area (Å²) in [6, 6.07) is 14.0. The van der Waals surface area contributed by atoms with Gasteiger partial charge in [-0.3, -0.25) is 14.9 Å². The van der Waals surface area contributed by atoms with Crippen LogP contribution >= 0.6 is 11.3 Å². The molecule has 0 bridgehead atoms. The SMILES string of the molecule is COCC(=O)Nc1cccc(C(=O)Nc2nnc(-c3ccc(OC)cc3)s2)c1. The van der Waals surface area contributed by atoms with Crippen LogP contribution in [-0.4, -0.2) is 42.8 Å². The molecule has 0 saturated heterocycles. The summed E-state index contributed by atoms with van der Waals surface area (Å²) in [4.78, 5) is 24.1. The summed E-state index contributed by atoms with van der Waals surface area (Å²) in [7, 11) is 3.04. The summed E-state index contributed by atoms with van der Waals surface area (Å²) in [5.74, 6) is 0.104. The molecule has 1 aromatic heterocycles. The number of methoxy groups -OCH3 is 2. The van der Waals surface area contributed by atoms with Gasteiger partial charge in [0.05, 0.1) is 7.11 Å². The van der Waals surface area contributed by atoms with E-state index in [1.54, 1.807) is 31.4 Å². The monoisotopic (exact) mass is 398 g/mol. The topological polar surface area (TPSA) is 102 Å². The van der Waals surface area contributed by atoms with Crippen molar-refractivity contribution in [3.8, 4) is 16.3 Å². The number of hydrogen-bond acceptors (Lipinski definition) is 7. The van der Waals surface area contributed by atoms with Gasteiger partial charge in [-0.25, -0.2) is 0 Å². The number of ether oxygens (including phenoxy) is 2. The van der Waals surface area contributed by atoms with E-state index in [0.29, 0.717) is 21.4 Å². The molecule has 3 aromatic rings. The molecule has 0 aliphatic heterocycles. The Bertz CT molecular complexity index is 972. The first-order chi connectivity index (χ1) is 13.6. The van der Waals surface area contributed by atoms with Crippen LogP contribution in [0.15, 0.2) is 48.5 Å². The number of hydrogen-bond donors (Lipinski definition) is 2. The van der Waals surface area contributed by atoms with E-state index in [4.69, 9.17) is 9.47 Å². The van der Waals surface area contributed by atoms with Crippen LogP contribution in [0.3, 0.4) is 0 Å². The minimum Gasteiger partial charge on any atom is -0.497 e. The largest absolute Gasteiger partial charge is 0.497 e.